The van der Waals surface area contributed by atoms with Crippen molar-refractivity contribution in [3.05, 3.63) is 27.4 Å². The monoisotopic (exact) mass is 442 g/mol. The van der Waals surface area contributed by atoms with Gasteiger partial charge in [-0.15, -0.1) is 11.3 Å². The molecule has 0 radical (unpaired) electrons. The van der Waals surface area contributed by atoms with E-state index < -0.39 is 0 Å². The molecule has 0 atom stereocenters. The Hall–Kier alpha value is -1.09. The van der Waals surface area contributed by atoms with Gasteiger partial charge in [-0.25, -0.2) is 15.0 Å². The van der Waals surface area contributed by atoms with E-state index in [0.717, 1.165) is 31.6 Å². The lowest BCUT2D eigenvalue weighted by atomic mass is 10.2. The number of nitrogens with one attached hydrogen (secondary N) is 1. The van der Waals surface area contributed by atoms with Crippen LogP contribution in [0.15, 0.2) is 22.1 Å². The van der Waals surface area contributed by atoms with Crippen molar-refractivity contribution in [3.8, 4) is 17.1 Å². The van der Waals surface area contributed by atoms with E-state index >= 15 is 0 Å². The molecule has 3 aromatic heterocycles. The molecule has 1 saturated carbocycles. The Morgan fingerprint density at radius 3 is 3.00 bits per heavy atom. The molecule has 1 fully saturated rings. The van der Waals surface area contributed by atoms with Gasteiger partial charge >= 0.3 is 0 Å². The van der Waals surface area contributed by atoms with Crippen molar-refractivity contribution in [1.29, 1.82) is 0 Å². The van der Waals surface area contributed by atoms with Crippen molar-refractivity contribution in [2.45, 2.75) is 18.1 Å². The third kappa shape index (κ3) is 3.20. The van der Waals surface area contributed by atoms with Crippen LogP contribution in [0.25, 0.3) is 21.5 Å². The number of pyridine rings is 1. The molecule has 0 saturated heterocycles. The van der Waals surface area contributed by atoms with E-state index in [1.807, 2.05) is 11.4 Å². The number of halogens is 2. The van der Waals surface area contributed by atoms with E-state index in [1.54, 1.807) is 36.6 Å². The standard InChI is InChI=1S/C15H12BrClN4OS2/c1-22-14-10(21-24-8-2-3-8)4-7(5-18-14)11-13-12(9(16)6-23-13)20-15(17)19-11/h4-6,8,21H,2-3H2,1H3. The van der Waals surface area contributed by atoms with Crippen molar-refractivity contribution < 1.29 is 4.74 Å². The minimum absolute atomic E-state index is 0.217. The zero-order chi connectivity index (χ0) is 16.7. The molecule has 0 amide bonds. The topological polar surface area (TPSA) is 59.9 Å². The van der Waals surface area contributed by atoms with Crippen LogP contribution in [0.1, 0.15) is 12.8 Å². The smallest absolute Gasteiger partial charge is 0.237 e. The second-order valence-electron chi connectivity index (χ2n) is 5.30. The van der Waals surface area contributed by atoms with Crippen molar-refractivity contribution in [2.75, 3.05) is 11.8 Å². The summed E-state index contributed by atoms with van der Waals surface area (Å²) in [6.45, 7) is 0. The van der Waals surface area contributed by atoms with Gasteiger partial charge in [-0.05, 0) is 58.4 Å². The molecule has 0 bridgehead atoms. The highest BCUT2D eigenvalue weighted by Crippen LogP contribution is 2.40. The van der Waals surface area contributed by atoms with Gasteiger partial charge in [0.05, 0.1) is 22.0 Å². The molecule has 1 aliphatic rings. The number of aromatic nitrogens is 3. The molecule has 124 valence electrons. The number of anilines is 1. The lowest BCUT2D eigenvalue weighted by molar-refractivity contribution is 0.400. The maximum Gasteiger partial charge on any atom is 0.237 e. The lowest BCUT2D eigenvalue weighted by Crippen LogP contribution is -1.98. The van der Waals surface area contributed by atoms with Crippen molar-refractivity contribution >= 4 is 66.7 Å². The lowest BCUT2D eigenvalue weighted by Gasteiger charge is -2.11. The normalized spacial score (nSPS) is 14.1. The molecule has 0 unspecified atom stereocenters. The number of rotatable bonds is 5. The van der Waals surface area contributed by atoms with E-state index in [2.05, 4.69) is 35.6 Å². The van der Waals surface area contributed by atoms with E-state index in [0.29, 0.717) is 11.1 Å². The summed E-state index contributed by atoms with van der Waals surface area (Å²) in [5.41, 5.74) is 3.30. The van der Waals surface area contributed by atoms with Crippen LogP contribution in [0, 0.1) is 0 Å². The third-order valence-corrected chi connectivity index (χ3v) is 6.72. The SMILES string of the molecule is COc1ncc(-c2nc(Cl)nc3c(Br)csc23)cc1NSC1CC1. The average molecular weight is 444 g/mol. The van der Waals surface area contributed by atoms with E-state index in [4.69, 9.17) is 16.3 Å². The fourth-order valence-corrected chi connectivity index (χ4v) is 4.76. The number of hydrogen-bond acceptors (Lipinski definition) is 7. The molecule has 24 heavy (non-hydrogen) atoms. The molecule has 5 nitrogen and oxygen atoms in total. The number of nitrogens with zero attached hydrogens (tertiary/aromatic N) is 3. The van der Waals surface area contributed by atoms with Gasteiger partial charge < -0.3 is 9.46 Å². The second-order valence-corrected chi connectivity index (χ2v) is 8.48. The van der Waals surface area contributed by atoms with Crippen LogP contribution in [0.2, 0.25) is 5.28 Å². The quantitative estimate of drug-likeness (QED) is 0.421. The summed E-state index contributed by atoms with van der Waals surface area (Å²) in [6, 6.07) is 1.99. The summed E-state index contributed by atoms with van der Waals surface area (Å²) in [5.74, 6) is 0.565. The third-order valence-electron chi connectivity index (χ3n) is 3.52. The number of methoxy groups -OCH3 is 1. The minimum Gasteiger partial charge on any atom is -0.480 e. The van der Waals surface area contributed by atoms with Gasteiger partial charge in [0.1, 0.15) is 11.2 Å². The molecular weight excluding hydrogens is 432 g/mol. The fourth-order valence-electron chi connectivity index (χ4n) is 2.21. The Kier molecular flexibility index (Phi) is 4.55. The molecule has 0 aliphatic heterocycles. The Morgan fingerprint density at radius 1 is 1.42 bits per heavy atom. The van der Waals surface area contributed by atoms with Crippen molar-refractivity contribution in [2.24, 2.45) is 0 Å². The molecule has 9 heteroatoms. The fraction of sp³-hybridized carbons (Fsp3) is 0.267. The van der Waals surface area contributed by atoms with Crippen LogP contribution in [0.5, 0.6) is 5.88 Å². The van der Waals surface area contributed by atoms with Crippen LogP contribution >= 0.6 is 50.8 Å². The molecule has 1 aliphatic carbocycles. The van der Waals surface area contributed by atoms with Crippen LogP contribution in [-0.4, -0.2) is 27.3 Å². The van der Waals surface area contributed by atoms with E-state index in [1.165, 1.54) is 12.8 Å². The second kappa shape index (κ2) is 6.67. The summed E-state index contributed by atoms with van der Waals surface area (Å²) in [7, 11) is 1.62. The minimum atomic E-state index is 0.217. The largest absolute Gasteiger partial charge is 0.480 e. The summed E-state index contributed by atoms with van der Waals surface area (Å²) >= 11 is 12.9. The molecule has 0 spiro atoms. The first kappa shape index (κ1) is 16.4. The van der Waals surface area contributed by atoms with Crippen molar-refractivity contribution in [3.63, 3.8) is 0 Å². The van der Waals surface area contributed by atoms with Gasteiger partial charge in [0, 0.05) is 22.4 Å². The van der Waals surface area contributed by atoms with Gasteiger partial charge in [0.15, 0.2) is 0 Å². The Labute approximate surface area is 160 Å². The maximum absolute atomic E-state index is 6.11. The number of hydrogen-bond donors (Lipinski definition) is 1. The summed E-state index contributed by atoms with van der Waals surface area (Å²) < 4.78 is 10.6. The predicted octanol–water partition coefficient (Wildman–Crippen LogP) is 5.40. The first-order valence-electron chi connectivity index (χ1n) is 7.22. The van der Waals surface area contributed by atoms with Crippen LogP contribution < -0.4 is 9.46 Å². The number of ether oxygens (including phenoxy) is 1. The van der Waals surface area contributed by atoms with E-state index in [9.17, 15) is 0 Å². The number of thiophene rings is 1. The molecule has 3 aromatic rings. The zero-order valence-electron chi connectivity index (χ0n) is 12.5. The molecule has 3 heterocycles. The molecule has 0 aromatic carbocycles. The zero-order valence-corrected chi connectivity index (χ0v) is 16.5. The number of fused-ring (bicyclic) bond motifs is 1. The first-order chi connectivity index (χ1) is 11.7. The van der Waals surface area contributed by atoms with E-state index in [-0.39, 0.29) is 5.28 Å². The first-order valence-corrected chi connectivity index (χ1v) is 10.1. The van der Waals surface area contributed by atoms with Crippen LogP contribution in [0.4, 0.5) is 5.69 Å². The molecule has 4 rings (SSSR count). The molecular formula is C15H12BrClN4OS2. The highest BCUT2D eigenvalue weighted by atomic mass is 79.9. The van der Waals surface area contributed by atoms with Gasteiger partial charge in [0.2, 0.25) is 11.2 Å². The van der Waals surface area contributed by atoms with Crippen LogP contribution in [0.3, 0.4) is 0 Å². The molecule has 1 N–H and O–H groups in total. The van der Waals surface area contributed by atoms with Gasteiger partial charge in [-0.1, -0.05) is 0 Å². The Bertz CT molecular complexity index is 916. The highest BCUT2D eigenvalue weighted by molar-refractivity contribution is 9.10. The highest BCUT2D eigenvalue weighted by Gasteiger charge is 2.23. The van der Waals surface area contributed by atoms with Gasteiger partial charge in [-0.2, -0.15) is 0 Å². The summed E-state index contributed by atoms with van der Waals surface area (Å²) in [4.78, 5) is 13.1. The Balaban J connectivity index is 1.79. The van der Waals surface area contributed by atoms with Crippen molar-refractivity contribution in [1.82, 2.24) is 15.0 Å². The summed E-state index contributed by atoms with van der Waals surface area (Å²) in [6.07, 6.45) is 4.24. The predicted molar refractivity (Wildman–Crippen MR) is 104 cm³/mol. The maximum atomic E-state index is 6.11. The van der Waals surface area contributed by atoms with Crippen LogP contribution in [-0.2, 0) is 0 Å². The Morgan fingerprint density at radius 2 is 2.25 bits per heavy atom. The average Bonchev–Trinajstić information content (AvgIpc) is 3.35. The van der Waals surface area contributed by atoms with Gasteiger partial charge in [-0.3, -0.25) is 0 Å². The van der Waals surface area contributed by atoms with Gasteiger partial charge in [0.25, 0.3) is 0 Å². The summed E-state index contributed by atoms with van der Waals surface area (Å²) in [5, 5.41) is 2.87.